The molecule has 0 aliphatic heterocycles. The van der Waals surface area contributed by atoms with Crippen LogP contribution in [0.4, 0.5) is 0 Å². The van der Waals surface area contributed by atoms with Crippen LogP contribution in [-0.2, 0) is 10.0 Å². The summed E-state index contributed by atoms with van der Waals surface area (Å²) >= 11 is 11.9. The molecule has 0 aliphatic carbocycles. The van der Waals surface area contributed by atoms with E-state index < -0.39 is 10.0 Å². The standard InChI is InChI=1S/C17H18Cl2N2O3S/c1-11(12-7-8-15(18)16(19)10-12)20-17(22)13-5-4-6-14(9-13)25(23,24)21(2)3/h4-11H,1-3H3,(H,20,22). The van der Waals surface area contributed by atoms with Gasteiger partial charge in [-0.05, 0) is 42.8 Å². The van der Waals surface area contributed by atoms with Crippen molar-refractivity contribution in [3.8, 4) is 0 Å². The molecule has 0 bridgehead atoms. The van der Waals surface area contributed by atoms with Crippen LogP contribution < -0.4 is 5.32 Å². The molecule has 2 rings (SSSR count). The highest BCUT2D eigenvalue weighted by Crippen LogP contribution is 2.25. The van der Waals surface area contributed by atoms with E-state index in [-0.39, 0.29) is 22.4 Å². The maximum Gasteiger partial charge on any atom is 0.251 e. The Morgan fingerprint density at radius 1 is 1.08 bits per heavy atom. The van der Waals surface area contributed by atoms with Gasteiger partial charge in [0.2, 0.25) is 10.0 Å². The number of carbonyl (C=O) groups excluding carboxylic acids is 1. The molecule has 0 fully saturated rings. The molecule has 0 saturated carbocycles. The van der Waals surface area contributed by atoms with Crippen molar-refractivity contribution < 1.29 is 13.2 Å². The number of sulfonamides is 1. The topological polar surface area (TPSA) is 66.5 Å². The van der Waals surface area contributed by atoms with E-state index >= 15 is 0 Å². The zero-order valence-electron chi connectivity index (χ0n) is 14.0. The van der Waals surface area contributed by atoms with Gasteiger partial charge in [0, 0.05) is 19.7 Å². The van der Waals surface area contributed by atoms with E-state index in [9.17, 15) is 13.2 Å². The Morgan fingerprint density at radius 3 is 2.36 bits per heavy atom. The average molecular weight is 401 g/mol. The smallest absolute Gasteiger partial charge is 0.251 e. The van der Waals surface area contributed by atoms with Crippen molar-refractivity contribution >= 4 is 39.1 Å². The van der Waals surface area contributed by atoms with Crippen LogP contribution >= 0.6 is 23.2 Å². The van der Waals surface area contributed by atoms with Gasteiger partial charge in [-0.2, -0.15) is 0 Å². The number of nitrogens with zero attached hydrogens (tertiary/aromatic N) is 1. The fraction of sp³-hybridized carbons (Fsp3) is 0.235. The lowest BCUT2D eigenvalue weighted by atomic mass is 10.1. The molecule has 8 heteroatoms. The Bertz CT molecular complexity index is 899. The summed E-state index contributed by atoms with van der Waals surface area (Å²) in [6, 6.07) is 10.7. The Labute approximate surface area is 157 Å². The lowest BCUT2D eigenvalue weighted by Gasteiger charge is -2.16. The molecule has 0 saturated heterocycles. The van der Waals surface area contributed by atoms with Gasteiger partial charge in [0.05, 0.1) is 21.0 Å². The van der Waals surface area contributed by atoms with E-state index in [4.69, 9.17) is 23.2 Å². The second-order valence-electron chi connectivity index (χ2n) is 5.68. The third kappa shape index (κ3) is 4.52. The summed E-state index contributed by atoms with van der Waals surface area (Å²) in [7, 11) is -0.725. The zero-order valence-corrected chi connectivity index (χ0v) is 16.3. The number of hydrogen-bond donors (Lipinski definition) is 1. The van der Waals surface area contributed by atoms with Gasteiger partial charge in [0.1, 0.15) is 0 Å². The fourth-order valence-electron chi connectivity index (χ4n) is 2.15. The molecule has 5 nitrogen and oxygen atoms in total. The lowest BCUT2D eigenvalue weighted by Crippen LogP contribution is -2.27. The number of rotatable bonds is 5. The van der Waals surface area contributed by atoms with Gasteiger partial charge in [0.25, 0.3) is 5.91 Å². The molecule has 0 spiro atoms. The number of hydrogen-bond acceptors (Lipinski definition) is 3. The van der Waals surface area contributed by atoms with Crippen LogP contribution in [0.25, 0.3) is 0 Å². The van der Waals surface area contributed by atoms with Gasteiger partial charge in [-0.1, -0.05) is 35.3 Å². The first kappa shape index (κ1) is 19.7. The highest BCUT2D eigenvalue weighted by Gasteiger charge is 2.19. The Hall–Kier alpha value is -1.60. The van der Waals surface area contributed by atoms with Crippen LogP contribution in [0.1, 0.15) is 28.9 Å². The predicted octanol–water partition coefficient (Wildman–Crippen LogP) is 3.73. The summed E-state index contributed by atoms with van der Waals surface area (Å²) < 4.78 is 25.5. The Kier molecular flexibility index (Phi) is 6.11. The molecule has 1 atom stereocenters. The van der Waals surface area contributed by atoms with E-state index in [1.807, 2.05) is 0 Å². The molecule has 2 aromatic rings. The zero-order chi connectivity index (χ0) is 18.8. The number of carbonyl (C=O) groups is 1. The van der Waals surface area contributed by atoms with E-state index in [1.165, 1.54) is 32.3 Å². The third-order valence-electron chi connectivity index (χ3n) is 3.67. The van der Waals surface area contributed by atoms with Crippen molar-refractivity contribution in [3.63, 3.8) is 0 Å². The van der Waals surface area contributed by atoms with E-state index in [2.05, 4.69) is 5.32 Å². The SMILES string of the molecule is CC(NC(=O)c1cccc(S(=O)(=O)N(C)C)c1)c1ccc(Cl)c(Cl)c1. The highest BCUT2D eigenvalue weighted by molar-refractivity contribution is 7.89. The van der Waals surface area contributed by atoms with Crippen molar-refractivity contribution in [2.24, 2.45) is 0 Å². The van der Waals surface area contributed by atoms with Crippen molar-refractivity contribution in [3.05, 3.63) is 63.6 Å². The molecule has 2 aromatic carbocycles. The molecule has 25 heavy (non-hydrogen) atoms. The molecule has 1 amide bonds. The molecule has 0 radical (unpaired) electrons. The summed E-state index contributed by atoms with van der Waals surface area (Å²) in [6.45, 7) is 1.80. The predicted molar refractivity (Wildman–Crippen MR) is 99.7 cm³/mol. The first-order valence-corrected chi connectivity index (χ1v) is 9.61. The molecule has 0 heterocycles. The van der Waals surface area contributed by atoms with Gasteiger partial charge in [-0.3, -0.25) is 4.79 Å². The average Bonchev–Trinajstić information content (AvgIpc) is 2.57. The first-order valence-electron chi connectivity index (χ1n) is 7.41. The molecule has 1 N–H and O–H groups in total. The molecular formula is C17H18Cl2N2O3S. The number of amides is 1. The van der Waals surface area contributed by atoms with Crippen LogP contribution in [-0.4, -0.2) is 32.7 Å². The molecule has 134 valence electrons. The normalized spacial score (nSPS) is 12.9. The second kappa shape index (κ2) is 7.74. The van der Waals surface area contributed by atoms with Gasteiger partial charge in [-0.15, -0.1) is 0 Å². The van der Waals surface area contributed by atoms with Crippen molar-refractivity contribution in [1.82, 2.24) is 9.62 Å². The third-order valence-corrected chi connectivity index (χ3v) is 6.22. The first-order chi connectivity index (χ1) is 11.6. The Morgan fingerprint density at radius 2 is 1.76 bits per heavy atom. The minimum atomic E-state index is -3.60. The quantitative estimate of drug-likeness (QED) is 0.830. The van der Waals surface area contributed by atoms with E-state index in [0.29, 0.717) is 10.0 Å². The summed E-state index contributed by atoms with van der Waals surface area (Å²) in [5, 5.41) is 3.66. The van der Waals surface area contributed by atoms with Gasteiger partial charge < -0.3 is 5.32 Å². The summed E-state index contributed by atoms with van der Waals surface area (Å²) in [5.74, 6) is -0.380. The van der Waals surface area contributed by atoms with Crippen LogP contribution in [0.5, 0.6) is 0 Å². The highest BCUT2D eigenvalue weighted by atomic mass is 35.5. The van der Waals surface area contributed by atoms with Crippen molar-refractivity contribution in [2.75, 3.05) is 14.1 Å². The summed E-state index contributed by atoms with van der Waals surface area (Å²) in [6.07, 6.45) is 0. The maximum atomic E-state index is 12.5. The number of benzene rings is 2. The Balaban J connectivity index is 2.22. The summed E-state index contributed by atoms with van der Waals surface area (Å²) in [4.78, 5) is 12.5. The maximum absolute atomic E-state index is 12.5. The second-order valence-corrected chi connectivity index (χ2v) is 8.65. The van der Waals surface area contributed by atoms with Crippen LogP contribution in [0.2, 0.25) is 10.0 Å². The number of nitrogens with one attached hydrogen (secondary N) is 1. The summed E-state index contributed by atoms with van der Waals surface area (Å²) in [5.41, 5.74) is 1.05. The lowest BCUT2D eigenvalue weighted by molar-refractivity contribution is 0.0939. The van der Waals surface area contributed by atoms with Gasteiger partial charge in [-0.25, -0.2) is 12.7 Å². The van der Waals surface area contributed by atoms with E-state index in [1.54, 1.807) is 31.2 Å². The molecule has 0 aliphatic rings. The van der Waals surface area contributed by atoms with Crippen molar-refractivity contribution in [2.45, 2.75) is 17.9 Å². The molecule has 0 aromatic heterocycles. The fourth-order valence-corrected chi connectivity index (χ4v) is 3.41. The van der Waals surface area contributed by atoms with Crippen LogP contribution in [0, 0.1) is 0 Å². The van der Waals surface area contributed by atoms with Gasteiger partial charge in [0.15, 0.2) is 0 Å². The monoisotopic (exact) mass is 400 g/mol. The molecule has 1 unspecified atom stereocenters. The molecular weight excluding hydrogens is 383 g/mol. The van der Waals surface area contributed by atoms with Gasteiger partial charge >= 0.3 is 0 Å². The minimum Gasteiger partial charge on any atom is -0.346 e. The largest absolute Gasteiger partial charge is 0.346 e. The minimum absolute atomic E-state index is 0.0624. The van der Waals surface area contributed by atoms with Crippen molar-refractivity contribution in [1.29, 1.82) is 0 Å². The van der Waals surface area contributed by atoms with Crippen LogP contribution in [0.3, 0.4) is 0 Å². The van der Waals surface area contributed by atoms with Crippen LogP contribution in [0.15, 0.2) is 47.4 Å². The van der Waals surface area contributed by atoms with E-state index in [0.717, 1.165) is 9.87 Å². The number of halogens is 2.